The second-order valence-corrected chi connectivity index (χ2v) is 5.10. The number of carbonyl (C=O) groups excluding carboxylic acids is 1. The number of hydrogen-bond acceptors (Lipinski definition) is 2. The van der Waals surface area contributed by atoms with E-state index in [1.165, 1.54) is 0 Å². The lowest BCUT2D eigenvalue weighted by molar-refractivity contribution is -0.137. The van der Waals surface area contributed by atoms with Crippen molar-refractivity contribution < 1.29 is 27.5 Å². The van der Waals surface area contributed by atoms with Crippen molar-refractivity contribution in [1.29, 1.82) is 0 Å². The van der Waals surface area contributed by atoms with Gasteiger partial charge in [0.2, 0.25) is 0 Å². The molecule has 124 valence electrons. The normalized spacial score (nSPS) is 13.0. The minimum Gasteiger partial charge on any atom is -0.396 e. The fraction of sp³-hybridized carbons (Fsp3) is 0.533. The first kappa shape index (κ1) is 18.4. The van der Waals surface area contributed by atoms with E-state index in [4.69, 9.17) is 5.11 Å². The molecule has 0 spiro atoms. The lowest BCUT2D eigenvalue weighted by Crippen LogP contribution is -2.30. The number of amides is 1. The number of aliphatic hydroxyl groups is 1. The van der Waals surface area contributed by atoms with Crippen LogP contribution in [0, 0.1) is 11.7 Å². The van der Waals surface area contributed by atoms with Crippen LogP contribution in [0.5, 0.6) is 0 Å². The Morgan fingerprint density at radius 1 is 1.27 bits per heavy atom. The Bertz CT molecular complexity index is 497. The highest BCUT2D eigenvalue weighted by atomic mass is 19.4. The zero-order valence-electron chi connectivity index (χ0n) is 12.2. The van der Waals surface area contributed by atoms with E-state index in [-0.39, 0.29) is 24.6 Å². The monoisotopic (exact) mass is 321 g/mol. The lowest BCUT2D eigenvalue weighted by atomic mass is 10.00. The lowest BCUT2D eigenvalue weighted by Gasteiger charge is -2.16. The predicted molar refractivity (Wildman–Crippen MR) is 73.8 cm³/mol. The molecule has 0 radical (unpaired) electrons. The molecule has 2 N–H and O–H groups in total. The number of carbonyl (C=O) groups is 1. The number of alkyl halides is 3. The number of benzene rings is 1. The van der Waals surface area contributed by atoms with E-state index in [0.717, 1.165) is 18.9 Å². The molecule has 1 atom stereocenters. The van der Waals surface area contributed by atoms with E-state index in [1.807, 2.05) is 6.92 Å². The summed E-state index contributed by atoms with van der Waals surface area (Å²) in [4.78, 5) is 11.9. The molecule has 0 fully saturated rings. The molecule has 1 aromatic rings. The standard InChI is InChI=1S/C15H19F4NO2/c1-2-3-10(4-5-21)9-20-14(22)11-6-12(15(17,18)19)8-13(16)7-11/h6-8,10,21H,2-5,9H2,1H3,(H,20,22). The first-order valence-corrected chi connectivity index (χ1v) is 7.04. The summed E-state index contributed by atoms with van der Waals surface area (Å²) in [7, 11) is 0. The Hall–Kier alpha value is -1.63. The fourth-order valence-electron chi connectivity index (χ4n) is 2.16. The Balaban J connectivity index is 2.79. The minimum atomic E-state index is -4.71. The van der Waals surface area contributed by atoms with Gasteiger partial charge < -0.3 is 10.4 Å². The summed E-state index contributed by atoms with van der Waals surface area (Å²) in [5.74, 6) is -1.83. The first-order chi connectivity index (χ1) is 10.3. The highest BCUT2D eigenvalue weighted by molar-refractivity contribution is 5.94. The average Bonchev–Trinajstić information content (AvgIpc) is 2.43. The van der Waals surface area contributed by atoms with Gasteiger partial charge in [-0.05, 0) is 37.0 Å². The van der Waals surface area contributed by atoms with Gasteiger partial charge in [0.15, 0.2) is 0 Å². The van der Waals surface area contributed by atoms with Gasteiger partial charge >= 0.3 is 6.18 Å². The molecule has 0 bridgehead atoms. The molecule has 0 aliphatic carbocycles. The molecular formula is C15H19F4NO2. The average molecular weight is 321 g/mol. The van der Waals surface area contributed by atoms with Crippen molar-refractivity contribution in [3.05, 3.63) is 35.1 Å². The zero-order valence-corrected chi connectivity index (χ0v) is 12.2. The molecule has 1 amide bonds. The Kier molecular flexibility index (Phi) is 6.80. The van der Waals surface area contributed by atoms with Gasteiger partial charge in [-0.15, -0.1) is 0 Å². The van der Waals surface area contributed by atoms with Crippen molar-refractivity contribution in [3.63, 3.8) is 0 Å². The fourth-order valence-corrected chi connectivity index (χ4v) is 2.16. The third kappa shape index (κ3) is 5.63. The van der Waals surface area contributed by atoms with E-state index in [2.05, 4.69) is 5.32 Å². The molecule has 0 saturated carbocycles. The zero-order chi connectivity index (χ0) is 16.8. The van der Waals surface area contributed by atoms with Crippen LogP contribution in [0.15, 0.2) is 18.2 Å². The maximum atomic E-state index is 13.2. The smallest absolute Gasteiger partial charge is 0.396 e. The maximum absolute atomic E-state index is 13.2. The van der Waals surface area contributed by atoms with Crippen molar-refractivity contribution in [3.8, 4) is 0 Å². The topological polar surface area (TPSA) is 49.3 Å². The van der Waals surface area contributed by atoms with Gasteiger partial charge in [0, 0.05) is 18.7 Å². The first-order valence-electron chi connectivity index (χ1n) is 7.04. The van der Waals surface area contributed by atoms with Crippen LogP contribution in [0.2, 0.25) is 0 Å². The van der Waals surface area contributed by atoms with Crippen LogP contribution in [0.1, 0.15) is 42.1 Å². The Labute approximate surface area is 126 Å². The summed E-state index contributed by atoms with van der Waals surface area (Å²) in [5, 5.41) is 11.4. The second kappa shape index (κ2) is 8.12. The number of hydrogen-bond donors (Lipinski definition) is 2. The molecule has 1 rings (SSSR count). The van der Waals surface area contributed by atoms with E-state index >= 15 is 0 Å². The molecule has 0 aromatic heterocycles. The highest BCUT2D eigenvalue weighted by Gasteiger charge is 2.32. The van der Waals surface area contributed by atoms with Crippen LogP contribution in [0.3, 0.4) is 0 Å². The molecule has 7 heteroatoms. The summed E-state index contributed by atoms with van der Waals surface area (Å²) in [6.45, 7) is 2.15. The van der Waals surface area contributed by atoms with Crippen LogP contribution < -0.4 is 5.32 Å². The molecule has 3 nitrogen and oxygen atoms in total. The highest BCUT2D eigenvalue weighted by Crippen LogP contribution is 2.30. The maximum Gasteiger partial charge on any atom is 0.416 e. The van der Waals surface area contributed by atoms with Crippen molar-refractivity contribution in [2.24, 2.45) is 5.92 Å². The van der Waals surface area contributed by atoms with Crippen molar-refractivity contribution in [2.75, 3.05) is 13.2 Å². The summed E-state index contributed by atoms with van der Waals surface area (Å²) in [5.41, 5.74) is -1.57. The van der Waals surface area contributed by atoms with Gasteiger partial charge in [0.1, 0.15) is 5.82 Å². The molecule has 0 saturated heterocycles. The van der Waals surface area contributed by atoms with Crippen molar-refractivity contribution in [2.45, 2.75) is 32.4 Å². The van der Waals surface area contributed by atoms with Gasteiger partial charge in [0.05, 0.1) is 5.56 Å². The molecule has 0 aliphatic rings. The Morgan fingerprint density at radius 3 is 2.50 bits per heavy atom. The molecule has 0 heterocycles. The van der Waals surface area contributed by atoms with Crippen LogP contribution in [0.4, 0.5) is 17.6 Å². The predicted octanol–water partition coefficient (Wildman–Crippen LogP) is 3.37. The van der Waals surface area contributed by atoms with Crippen LogP contribution in [-0.2, 0) is 6.18 Å². The third-order valence-corrected chi connectivity index (χ3v) is 3.27. The SMILES string of the molecule is CCCC(CCO)CNC(=O)c1cc(F)cc(C(F)(F)F)c1. The van der Waals surface area contributed by atoms with Gasteiger partial charge in [-0.1, -0.05) is 13.3 Å². The molecule has 1 unspecified atom stereocenters. The third-order valence-electron chi connectivity index (χ3n) is 3.27. The van der Waals surface area contributed by atoms with Gasteiger partial charge in [-0.25, -0.2) is 4.39 Å². The van der Waals surface area contributed by atoms with Crippen LogP contribution in [0.25, 0.3) is 0 Å². The second-order valence-electron chi connectivity index (χ2n) is 5.10. The van der Waals surface area contributed by atoms with E-state index in [1.54, 1.807) is 0 Å². The van der Waals surface area contributed by atoms with E-state index < -0.39 is 23.5 Å². The summed E-state index contributed by atoms with van der Waals surface area (Å²) in [6, 6.07) is 1.74. The number of rotatable bonds is 7. The van der Waals surface area contributed by atoms with Gasteiger partial charge in [0.25, 0.3) is 5.91 Å². The van der Waals surface area contributed by atoms with Crippen LogP contribution >= 0.6 is 0 Å². The number of halogens is 4. The quantitative estimate of drug-likeness (QED) is 0.757. The summed E-state index contributed by atoms with van der Waals surface area (Å²) >= 11 is 0. The Morgan fingerprint density at radius 2 is 1.95 bits per heavy atom. The molecule has 1 aromatic carbocycles. The summed E-state index contributed by atoms with van der Waals surface area (Å²) in [6.07, 6.45) is -2.58. The number of nitrogens with one attached hydrogen (secondary N) is 1. The van der Waals surface area contributed by atoms with E-state index in [0.29, 0.717) is 18.6 Å². The van der Waals surface area contributed by atoms with Crippen molar-refractivity contribution in [1.82, 2.24) is 5.32 Å². The number of aliphatic hydroxyl groups excluding tert-OH is 1. The van der Waals surface area contributed by atoms with Crippen LogP contribution in [-0.4, -0.2) is 24.2 Å². The van der Waals surface area contributed by atoms with Gasteiger partial charge in [-0.2, -0.15) is 13.2 Å². The van der Waals surface area contributed by atoms with Gasteiger partial charge in [-0.3, -0.25) is 4.79 Å². The van der Waals surface area contributed by atoms with Crippen molar-refractivity contribution >= 4 is 5.91 Å². The largest absolute Gasteiger partial charge is 0.416 e. The molecule has 22 heavy (non-hydrogen) atoms. The summed E-state index contributed by atoms with van der Waals surface area (Å²) < 4.78 is 51.0. The molecule has 0 aliphatic heterocycles. The van der Waals surface area contributed by atoms with E-state index in [9.17, 15) is 22.4 Å². The minimum absolute atomic E-state index is 0.0290. The molecular weight excluding hydrogens is 302 g/mol.